The van der Waals surface area contributed by atoms with Crippen LogP contribution in [0, 0.1) is 0 Å². The highest BCUT2D eigenvalue weighted by molar-refractivity contribution is 5.97. The van der Waals surface area contributed by atoms with Crippen LogP contribution < -0.4 is 11.5 Å². The molecule has 1 amide bonds. The number of anilines is 1. The Morgan fingerprint density at radius 2 is 2.21 bits per heavy atom. The van der Waals surface area contributed by atoms with Crippen LogP contribution in [-0.2, 0) is 7.05 Å². The topological polar surface area (TPSA) is 90.2 Å². The summed E-state index contributed by atoms with van der Waals surface area (Å²) in [6, 6.07) is 5.43. The molecule has 2 rings (SSSR count). The Bertz CT molecular complexity index is 604. The first-order valence-corrected chi connectivity index (χ1v) is 6.22. The van der Waals surface area contributed by atoms with Gasteiger partial charge in [0.2, 0.25) is 5.95 Å². The van der Waals surface area contributed by atoms with Crippen LogP contribution in [0.2, 0.25) is 0 Å². The number of carbonyl (C=O) groups is 1. The van der Waals surface area contributed by atoms with E-state index in [1.807, 2.05) is 13.1 Å². The van der Waals surface area contributed by atoms with Crippen molar-refractivity contribution in [3.63, 3.8) is 0 Å². The Morgan fingerprint density at radius 1 is 1.47 bits per heavy atom. The van der Waals surface area contributed by atoms with Gasteiger partial charge in [-0.1, -0.05) is 0 Å². The molecule has 1 aromatic heterocycles. The molecular weight excluding hydrogens is 242 g/mol. The van der Waals surface area contributed by atoms with Crippen molar-refractivity contribution >= 4 is 22.9 Å². The lowest BCUT2D eigenvalue weighted by atomic mass is 10.1. The molecule has 0 saturated heterocycles. The molecule has 19 heavy (non-hydrogen) atoms. The summed E-state index contributed by atoms with van der Waals surface area (Å²) in [7, 11) is 3.62. The normalized spacial score (nSPS) is 10.9. The molecule has 0 aliphatic rings. The molecule has 0 fully saturated rings. The fourth-order valence-electron chi connectivity index (χ4n) is 2.00. The third-order valence-corrected chi connectivity index (χ3v) is 3.21. The summed E-state index contributed by atoms with van der Waals surface area (Å²) in [6.07, 6.45) is 0.793. The maximum Gasteiger partial charge on any atom is 0.253 e. The first-order valence-electron chi connectivity index (χ1n) is 6.22. The van der Waals surface area contributed by atoms with Gasteiger partial charge in [-0.2, -0.15) is 0 Å². The molecule has 102 valence electrons. The number of benzene rings is 1. The molecule has 0 atom stereocenters. The number of nitrogens with two attached hydrogens (primary N) is 2. The summed E-state index contributed by atoms with van der Waals surface area (Å²) in [5, 5.41) is 0. The number of aromatic nitrogens is 2. The number of nitrogens with zero attached hydrogens (tertiary/aromatic N) is 3. The zero-order chi connectivity index (χ0) is 14.0. The molecule has 0 radical (unpaired) electrons. The molecule has 2 aromatic rings. The molecular formula is C13H19N5O. The molecule has 0 spiro atoms. The summed E-state index contributed by atoms with van der Waals surface area (Å²) in [5.74, 6) is 0.413. The van der Waals surface area contributed by atoms with E-state index in [1.165, 1.54) is 0 Å². The lowest BCUT2D eigenvalue weighted by Gasteiger charge is -2.16. The van der Waals surface area contributed by atoms with Gasteiger partial charge in [-0.25, -0.2) is 4.98 Å². The number of rotatable bonds is 4. The largest absolute Gasteiger partial charge is 0.369 e. The van der Waals surface area contributed by atoms with Crippen molar-refractivity contribution in [1.29, 1.82) is 0 Å². The second kappa shape index (κ2) is 5.27. The van der Waals surface area contributed by atoms with E-state index < -0.39 is 0 Å². The van der Waals surface area contributed by atoms with E-state index in [4.69, 9.17) is 11.5 Å². The first kappa shape index (κ1) is 13.4. The number of hydrogen-bond acceptors (Lipinski definition) is 4. The van der Waals surface area contributed by atoms with Crippen LogP contribution in [0.3, 0.4) is 0 Å². The Hall–Kier alpha value is -2.08. The van der Waals surface area contributed by atoms with Gasteiger partial charge < -0.3 is 20.9 Å². The fraction of sp³-hybridized carbons (Fsp3) is 0.385. The zero-order valence-electron chi connectivity index (χ0n) is 11.3. The van der Waals surface area contributed by atoms with E-state index in [9.17, 15) is 4.79 Å². The van der Waals surface area contributed by atoms with Crippen molar-refractivity contribution in [2.45, 2.75) is 6.42 Å². The predicted molar refractivity (Wildman–Crippen MR) is 75.8 cm³/mol. The van der Waals surface area contributed by atoms with Crippen molar-refractivity contribution in [1.82, 2.24) is 14.5 Å². The summed E-state index contributed by atoms with van der Waals surface area (Å²) in [5.41, 5.74) is 13.5. The smallest absolute Gasteiger partial charge is 0.253 e. The van der Waals surface area contributed by atoms with E-state index in [-0.39, 0.29) is 5.91 Å². The minimum Gasteiger partial charge on any atom is -0.369 e. The third-order valence-electron chi connectivity index (χ3n) is 3.21. The van der Waals surface area contributed by atoms with E-state index in [0.717, 1.165) is 17.5 Å². The van der Waals surface area contributed by atoms with Gasteiger partial charge in [-0.15, -0.1) is 0 Å². The van der Waals surface area contributed by atoms with E-state index in [0.29, 0.717) is 24.6 Å². The summed E-state index contributed by atoms with van der Waals surface area (Å²) in [6.45, 7) is 1.23. The molecule has 6 heteroatoms. The standard InChI is InChI=1S/C13H19N5O/c1-17(7-3-6-14)12(19)9-4-5-11-10(8-9)16-13(15)18(11)2/h4-5,8H,3,6-7,14H2,1-2H3,(H2,15,16). The average Bonchev–Trinajstić information content (AvgIpc) is 2.70. The van der Waals surface area contributed by atoms with Gasteiger partial charge in [0.25, 0.3) is 5.91 Å². The molecule has 1 heterocycles. The number of carbonyl (C=O) groups excluding carboxylic acids is 1. The Morgan fingerprint density at radius 3 is 2.89 bits per heavy atom. The molecule has 0 aliphatic heterocycles. The summed E-state index contributed by atoms with van der Waals surface area (Å²) in [4.78, 5) is 18.1. The zero-order valence-corrected chi connectivity index (χ0v) is 11.3. The molecule has 0 unspecified atom stereocenters. The maximum atomic E-state index is 12.2. The van der Waals surface area contributed by atoms with Crippen molar-refractivity contribution in [2.75, 3.05) is 25.9 Å². The highest BCUT2D eigenvalue weighted by atomic mass is 16.2. The van der Waals surface area contributed by atoms with Crippen LogP contribution in [0.15, 0.2) is 18.2 Å². The number of imidazole rings is 1. The van der Waals surface area contributed by atoms with E-state index in [2.05, 4.69) is 4.98 Å². The van der Waals surface area contributed by atoms with Gasteiger partial charge in [0.05, 0.1) is 11.0 Å². The second-order valence-electron chi connectivity index (χ2n) is 4.60. The van der Waals surface area contributed by atoms with Crippen LogP contribution in [0.5, 0.6) is 0 Å². The number of aryl methyl sites for hydroxylation is 1. The summed E-state index contributed by atoms with van der Waals surface area (Å²) >= 11 is 0. The highest BCUT2D eigenvalue weighted by Gasteiger charge is 2.13. The van der Waals surface area contributed by atoms with Gasteiger partial charge in [-0.3, -0.25) is 4.79 Å². The van der Waals surface area contributed by atoms with Crippen molar-refractivity contribution < 1.29 is 4.79 Å². The second-order valence-corrected chi connectivity index (χ2v) is 4.60. The lowest BCUT2D eigenvalue weighted by Crippen LogP contribution is -2.28. The molecule has 6 nitrogen and oxygen atoms in total. The average molecular weight is 261 g/mol. The molecule has 1 aromatic carbocycles. The van der Waals surface area contributed by atoms with Gasteiger partial charge in [0.1, 0.15) is 0 Å². The monoisotopic (exact) mass is 261 g/mol. The van der Waals surface area contributed by atoms with Gasteiger partial charge in [0.15, 0.2) is 0 Å². The SMILES string of the molecule is CN(CCCN)C(=O)c1ccc2c(c1)nc(N)n2C. The van der Waals surface area contributed by atoms with Crippen LogP contribution >= 0.6 is 0 Å². The minimum absolute atomic E-state index is 0.0282. The van der Waals surface area contributed by atoms with Crippen molar-refractivity contribution in [3.8, 4) is 0 Å². The van der Waals surface area contributed by atoms with Crippen LogP contribution in [0.1, 0.15) is 16.8 Å². The van der Waals surface area contributed by atoms with Crippen LogP contribution in [0.25, 0.3) is 11.0 Å². The Kier molecular flexibility index (Phi) is 3.71. The first-order chi connectivity index (χ1) is 9.04. The van der Waals surface area contributed by atoms with Gasteiger partial charge in [0, 0.05) is 26.2 Å². The number of amides is 1. The Labute approximate surface area is 112 Å². The number of fused-ring (bicyclic) bond motifs is 1. The molecule has 0 aliphatic carbocycles. The number of nitrogen functional groups attached to an aromatic ring is 1. The molecule has 0 bridgehead atoms. The third kappa shape index (κ3) is 2.53. The van der Waals surface area contributed by atoms with E-state index >= 15 is 0 Å². The summed E-state index contributed by atoms with van der Waals surface area (Å²) < 4.78 is 1.79. The molecule has 0 saturated carbocycles. The maximum absolute atomic E-state index is 12.2. The lowest BCUT2D eigenvalue weighted by molar-refractivity contribution is 0.0794. The predicted octanol–water partition coefficient (Wildman–Crippen LogP) is 0.576. The van der Waals surface area contributed by atoms with Gasteiger partial charge in [-0.05, 0) is 31.2 Å². The fourth-order valence-corrected chi connectivity index (χ4v) is 2.00. The Balaban J connectivity index is 2.28. The highest BCUT2D eigenvalue weighted by Crippen LogP contribution is 2.18. The minimum atomic E-state index is -0.0282. The van der Waals surface area contributed by atoms with Crippen molar-refractivity contribution in [3.05, 3.63) is 23.8 Å². The number of hydrogen-bond donors (Lipinski definition) is 2. The van der Waals surface area contributed by atoms with Crippen LogP contribution in [0.4, 0.5) is 5.95 Å². The van der Waals surface area contributed by atoms with Crippen molar-refractivity contribution in [2.24, 2.45) is 12.8 Å². The quantitative estimate of drug-likeness (QED) is 0.842. The van der Waals surface area contributed by atoms with E-state index in [1.54, 1.807) is 28.6 Å². The molecule has 4 N–H and O–H groups in total. The van der Waals surface area contributed by atoms with Gasteiger partial charge >= 0.3 is 0 Å². The van der Waals surface area contributed by atoms with Crippen LogP contribution in [-0.4, -0.2) is 40.5 Å².